The molecule has 2 rings (SSSR count). The van der Waals surface area contributed by atoms with Crippen LogP contribution >= 0.6 is 11.6 Å². The topological polar surface area (TPSA) is 23.5 Å². The van der Waals surface area contributed by atoms with Crippen LogP contribution in [-0.2, 0) is 0 Å². The third kappa shape index (κ3) is 2.40. The molecule has 0 bridgehead atoms. The average molecular weight is 258 g/mol. The van der Waals surface area contributed by atoms with Crippen LogP contribution in [0.4, 0.5) is 10.1 Å². The van der Waals surface area contributed by atoms with Crippen molar-refractivity contribution in [2.45, 2.75) is 25.8 Å². The molecule has 0 radical (unpaired) electrons. The van der Waals surface area contributed by atoms with Gasteiger partial charge in [0.1, 0.15) is 5.82 Å². The van der Waals surface area contributed by atoms with Crippen molar-refractivity contribution in [2.75, 3.05) is 18.1 Å². The zero-order valence-electron chi connectivity index (χ0n) is 10.1. The van der Waals surface area contributed by atoms with Crippen LogP contribution in [0.3, 0.4) is 0 Å². The number of rotatable bonds is 2. The third-order valence-corrected chi connectivity index (χ3v) is 3.72. The average Bonchev–Trinajstić information content (AvgIpc) is 2.58. The van der Waals surface area contributed by atoms with Gasteiger partial charge in [-0.3, -0.25) is 0 Å². The minimum absolute atomic E-state index is 0.0332. The molecule has 1 atom stereocenters. The summed E-state index contributed by atoms with van der Waals surface area (Å²) in [6.07, 6.45) is 0.929. The number of nitrogens with zero attached hydrogens (tertiary/aromatic N) is 1. The van der Waals surface area contributed by atoms with Gasteiger partial charge < -0.3 is 10.0 Å². The van der Waals surface area contributed by atoms with Crippen LogP contribution in [0.1, 0.15) is 20.3 Å². The van der Waals surface area contributed by atoms with Crippen molar-refractivity contribution >= 4 is 17.3 Å². The number of aliphatic hydroxyl groups excluding tert-OH is 1. The van der Waals surface area contributed by atoms with Gasteiger partial charge in [0.2, 0.25) is 0 Å². The summed E-state index contributed by atoms with van der Waals surface area (Å²) in [5.74, 6) is -0.125. The largest absolute Gasteiger partial charge is 0.396 e. The molecule has 4 heteroatoms. The number of hydrogen-bond acceptors (Lipinski definition) is 2. The molecule has 1 fully saturated rings. The Morgan fingerprint density at radius 2 is 2.24 bits per heavy atom. The van der Waals surface area contributed by atoms with E-state index < -0.39 is 5.82 Å². The molecule has 0 amide bonds. The summed E-state index contributed by atoms with van der Waals surface area (Å²) in [5, 5.41) is 9.39. The summed E-state index contributed by atoms with van der Waals surface area (Å²) in [6, 6.07) is 4.78. The van der Waals surface area contributed by atoms with E-state index in [2.05, 4.69) is 18.7 Å². The van der Waals surface area contributed by atoms with E-state index in [-0.39, 0.29) is 23.1 Å². The number of halogens is 2. The van der Waals surface area contributed by atoms with Gasteiger partial charge in [0.25, 0.3) is 0 Å². The monoisotopic (exact) mass is 257 g/mol. The lowest BCUT2D eigenvalue weighted by atomic mass is 9.97. The van der Waals surface area contributed by atoms with Crippen LogP contribution < -0.4 is 4.90 Å². The highest BCUT2D eigenvalue weighted by atomic mass is 35.5. The number of anilines is 1. The fourth-order valence-electron chi connectivity index (χ4n) is 2.62. The van der Waals surface area contributed by atoms with Gasteiger partial charge in [-0.2, -0.15) is 0 Å². The van der Waals surface area contributed by atoms with Gasteiger partial charge >= 0.3 is 0 Å². The second kappa shape index (κ2) is 4.46. The van der Waals surface area contributed by atoms with Gasteiger partial charge in [0.15, 0.2) is 0 Å². The van der Waals surface area contributed by atoms with E-state index in [1.54, 1.807) is 12.1 Å². The standard InChI is InChI=1S/C13H17ClFNO/c1-13(2)6-9(8-17)7-16(13)10-3-4-12(15)11(14)5-10/h3-5,9,17H,6-8H2,1-2H3. The Kier molecular flexibility index (Phi) is 3.32. The zero-order chi connectivity index (χ0) is 12.6. The molecule has 1 N–H and O–H groups in total. The van der Waals surface area contributed by atoms with Crippen molar-refractivity contribution in [3.05, 3.63) is 29.0 Å². The molecule has 0 aromatic heterocycles. The van der Waals surface area contributed by atoms with Crippen molar-refractivity contribution < 1.29 is 9.50 Å². The summed E-state index contributed by atoms with van der Waals surface area (Å²) < 4.78 is 13.1. The maximum Gasteiger partial charge on any atom is 0.141 e. The lowest BCUT2D eigenvalue weighted by Crippen LogP contribution is -2.38. The van der Waals surface area contributed by atoms with Crippen molar-refractivity contribution in [3.8, 4) is 0 Å². The first-order valence-electron chi connectivity index (χ1n) is 5.77. The predicted molar refractivity (Wildman–Crippen MR) is 68.0 cm³/mol. The second-order valence-corrected chi connectivity index (χ2v) is 5.68. The molecule has 1 aliphatic rings. The summed E-state index contributed by atoms with van der Waals surface area (Å²) >= 11 is 5.80. The van der Waals surface area contributed by atoms with Gasteiger partial charge in [0.05, 0.1) is 5.02 Å². The van der Waals surface area contributed by atoms with E-state index in [4.69, 9.17) is 11.6 Å². The van der Waals surface area contributed by atoms with Gasteiger partial charge in [-0.25, -0.2) is 4.39 Å². The summed E-state index contributed by atoms with van der Waals surface area (Å²) in [6.45, 7) is 5.22. The van der Waals surface area contributed by atoms with Crippen molar-refractivity contribution in [1.29, 1.82) is 0 Å². The van der Waals surface area contributed by atoms with Crippen molar-refractivity contribution in [2.24, 2.45) is 5.92 Å². The van der Waals surface area contributed by atoms with Gasteiger partial charge in [-0.15, -0.1) is 0 Å². The molecule has 1 saturated heterocycles. The number of hydrogen-bond donors (Lipinski definition) is 1. The lowest BCUT2D eigenvalue weighted by Gasteiger charge is -2.33. The maximum absolute atomic E-state index is 13.1. The van der Waals surface area contributed by atoms with Crippen LogP contribution in [0, 0.1) is 11.7 Å². The molecular formula is C13H17ClFNO. The molecule has 94 valence electrons. The summed E-state index contributed by atoms with van der Waals surface area (Å²) in [4.78, 5) is 2.18. The first kappa shape index (κ1) is 12.7. The highest BCUT2D eigenvalue weighted by Gasteiger charge is 2.38. The van der Waals surface area contributed by atoms with E-state index in [9.17, 15) is 9.50 Å². The molecular weight excluding hydrogens is 241 g/mol. The Balaban J connectivity index is 2.30. The van der Waals surface area contributed by atoms with E-state index in [0.29, 0.717) is 0 Å². The minimum Gasteiger partial charge on any atom is -0.396 e. The smallest absolute Gasteiger partial charge is 0.141 e. The molecule has 1 aromatic carbocycles. The minimum atomic E-state index is -0.397. The molecule has 1 unspecified atom stereocenters. The van der Waals surface area contributed by atoms with Gasteiger partial charge in [-0.05, 0) is 38.5 Å². The first-order chi connectivity index (χ1) is 7.94. The van der Waals surface area contributed by atoms with Crippen LogP contribution in [0.25, 0.3) is 0 Å². The summed E-state index contributed by atoms with van der Waals surface area (Å²) in [5.41, 5.74) is 0.881. The Morgan fingerprint density at radius 1 is 1.53 bits per heavy atom. The molecule has 2 nitrogen and oxygen atoms in total. The van der Waals surface area contributed by atoms with Crippen LogP contribution in [0.15, 0.2) is 18.2 Å². The normalized spacial score (nSPS) is 23.1. The maximum atomic E-state index is 13.1. The van der Waals surface area contributed by atoms with Crippen molar-refractivity contribution in [3.63, 3.8) is 0 Å². The Labute approximate surface area is 106 Å². The Hall–Kier alpha value is -0.800. The molecule has 0 spiro atoms. The molecule has 17 heavy (non-hydrogen) atoms. The predicted octanol–water partition coefficient (Wildman–Crippen LogP) is 3.08. The SMILES string of the molecule is CC1(C)CC(CO)CN1c1ccc(F)c(Cl)c1. The molecule has 1 aromatic rings. The van der Waals surface area contributed by atoms with E-state index in [0.717, 1.165) is 18.7 Å². The molecule has 0 saturated carbocycles. The Bertz CT molecular complexity index is 422. The summed E-state index contributed by atoms with van der Waals surface area (Å²) in [7, 11) is 0. The van der Waals surface area contributed by atoms with E-state index in [1.165, 1.54) is 6.07 Å². The quantitative estimate of drug-likeness (QED) is 0.880. The third-order valence-electron chi connectivity index (χ3n) is 3.43. The highest BCUT2D eigenvalue weighted by molar-refractivity contribution is 6.31. The van der Waals surface area contributed by atoms with Gasteiger partial charge in [-0.1, -0.05) is 11.6 Å². The molecule has 1 aliphatic heterocycles. The fraction of sp³-hybridized carbons (Fsp3) is 0.538. The van der Waals surface area contributed by atoms with Crippen molar-refractivity contribution in [1.82, 2.24) is 0 Å². The van der Waals surface area contributed by atoms with Gasteiger partial charge in [0, 0.05) is 30.3 Å². The van der Waals surface area contributed by atoms with E-state index in [1.807, 2.05) is 0 Å². The molecule has 1 heterocycles. The highest BCUT2D eigenvalue weighted by Crippen LogP contribution is 2.37. The fourth-order valence-corrected chi connectivity index (χ4v) is 2.79. The van der Waals surface area contributed by atoms with Crippen LogP contribution in [-0.4, -0.2) is 23.8 Å². The lowest BCUT2D eigenvalue weighted by molar-refractivity contribution is 0.232. The zero-order valence-corrected chi connectivity index (χ0v) is 10.8. The van der Waals surface area contributed by atoms with Crippen LogP contribution in [0.2, 0.25) is 5.02 Å². The Morgan fingerprint density at radius 3 is 2.76 bits per heavy atom. The molecule has 0 aliphatic carbocycles. The number of aliphatic hydroxyl groups is 1. The second-order valence-electron chi connectivity index (χ2n) is 5.27. The number of benzene rings is 1. The van der Waals surface area contributed by atoms with E-state index >= 15 is 0 Å². The first-order valence-corrected chi connectivity index (χ1v) is 6.15. The van der Waals surface area contributed by atoms with Crippen LogP contribution in [0.5, 0.6) is 0 Å².